The Kier molecular flexibility index (Phi) is 5.22. The van der Waals surface area contributed by atoms with Crippen molar-refractivity contribution in [3.8, 4) is 0 Å². The average molecular weight is 208 g/mol. The Morgan fingerprint density at radius 3 is 1.77 bits per heavy atom. The van der Waals surface area contributed by atoms with Crippen LogP contribution in [-0.2, 0) is 17.0 Å². The maximum Gasteiger partial charge on any atom is 0.476 e. The molecule has 0 aromatic heterocycles. The molecule has 0 amide bonds. The number of benzene rings is 1. The first-order chi connectivity index (χ1) is 5.93. The molecule has 0 saturated carbocycles. The smallest absolute Gasteiger partial charge is 0.160 e. The van der Waals surface area contributed by atoms with E-state index in [0.29, 0.717) is 0 Å². The first-order valence-corrected chi connectivity index (χ1v) is 4.90. The monoisotopic (exact) mass is 208 g/mol. The van der Waals surface area contributed by atoms with Gasteiger partial charge in [-0.1, -0.05) is 45.0 Å². The number of hydrogen-bond donors (Lipinski definition) is 0. The van der Waals surface area contributed by atoms with Crippen molar-refractivity contribution in [1.82, 2.24) is 0 Å². The molecule has 0 aliphatic rings. The fraction of sp³-hybridized carbons (Fsp3) is 0.250. The summed E-state index contributed by atoms with van der Waals surface area (Å²) < 4.78 is 36.6. The first kappa shape index (κ1) is 12.0. The van der Waals surface area contributed by atoms with Crippen LogP contribution in [0.5, 0.6) is 0 Å². The highest BCUT2D eigenvalue weighted by atomic mass is 32.3. The quantitative estimate of drug-likeness (QED) is 0.664. The molecule has 0 N–H and O–H groups in total. The lowest BCUT2D eigenvalue weighted by molar-refractivity contribution is 0.501. The van der Waals surface area contributed by atoms with E-state index in [9.17, 15) is 7.77 Å². The molecule has 0 atom stereocenters. The molecule has 2 nitrogen and oxygen atoms in total. The Labute approximate surface area is 76.7 Å². The Morgan fingerprint density at radius 2 is 1.54 bits per heavy atom. The largest absolute Gasteiger partial charge is 0.476 e. The highest BCUT2D eigenvalue weighted by Crippen LogP contribution is 1.96. The molecule has 5 heteroatoms. The lowest BCUT2D eigenvalue weighted by atomic mass is 10.2. The second-order valence-electron chi connectivity index (χ2n) is 2.22. The molecule has 1 aromatic rings. The van der Waals surface area contributed by atoms with Crippen molar-refractivity contribution in [2.45, 2.75) is 13.3 Å². The van der Waals surface area contributed by atoms with E-state index in [2.05, 4.69) is 31.2 Å². The maximum absolute atomic E-state index is 9.99. The van der Waals surface area contributed by atoms with E-state index in [-0.39, 0.29) is 0 Å². The SMILES string of the molecule is CCc1ccccc1.O=S(=O)(F)F. The van der Waals surface area contributed by atoms with Crippen LogP contribution in [0.1, 0.15) is 12.5 Å². The minimum atomic E-state index is -5.67. The van der Waals surface area contributed by atoms with Gasteiger partial charge in [-0.3, -0.25) is 0 Å². The van der Waals surface area contributed by atoms with Gasteiger partial charge in [0.05, 0.1) is 0 Å². The predicted molar refractivity (Wildman–Crippen MR) is 47.0 cm³/mol. The Balaban J connectivity index is 0.000000252. The zero-order chi connectivity index (χ0) is 10.3. The normalized spacial score (nSPS) is 10.1. The summed E-state index contributed by atoms with van der Waals surface area (Å²) in [6.45, 7) is 2.16. The molecule has 0 radical (unpaired) electrons. The van der Waals surface area contributed by atoms with E-state index in [1.165, 1.54) is 5.56 Å². The van der Waals surface area contributed by atoms with Gasteiger partial charge in [0.2, 0.25) is 0 Å². The average Bonchev–Trinajstić information content (AvgIpc) is 2.03. The van der Waals surface area contributed by atoms with Crippen molar-refractivity contribution in [3.63, 3.8) is 0 Å². The molecule has 0 spiro atoms. The van der Waals surface area contributed by atoms with Crippen molar-refractivity contribution in [2.24, 2.45) is 0 Å². The van der Waals surface area contributed by atoms with E-state index in [4.69, 9.17) is 8.42 Å². The van der Waals surface area contributed by atoms with Crippen molar-refractivity contribution in [1.29, 1.82) is 0 Å². The van der Waals surface area contributed by atoms with Gasteiger partial charge in [0, 0.05) is 0 Å². The van der Waals surface area contributed by atoms with Crippen molar-refractivity contribution >= 4 is 10.6 Å². The van der Waals surface area contributed by atoms with Crippen LogP contribution < -0.4 is 0 Å². The zero-order valence-electron chi connectivity index (χ0n) is 7.07. The molecule has 0 aliphatic heterocycles. The van der Waals surface area contributed by atoms with Gasteiger partial charge in [-0.15, -0.1) is 0 Å². The van der Waals surface area contributed by atoms with E-state index >= 15 is 0 Å². The minimum Gasteiger partial charge on any atom is -0.160 e. The topological polar surface area (TPSA) is 34.1 Å². The summed E-state index contributed by atoms with van der Waals surface area (Å²) in [5, 5.41) is 0. The molecule has 74 valence electrons. The molecule has 0 unspecified atom stereocenters. The fourth-order valence-corrected chi connectivity index (χ4v) is 0.714. The van der Waals surface area contributed by atoms with Crippen LogP contribution in [-0.4, -0.2) is 8.42 Å². The van der Waals surface area contributed by atoms with Gasteiger partial charge in [0.25, 0.3) is 0 Å². The second kappa shape index (κ2) is 5.64. The summed E-state index contributed by atoms with van der Waals surface area (Å²) in [6, 6.07) is 10.5. The second-order valence-corrected chi connectivity index (χ2v) is 2.97. The Hall–Kier alpha value is -0.970. The third-order valence-corrected chi connectivity index (χ3v) is 1.25. The van der Waals surface area contributed by atoms with Gasteiger partial charge < -0.3 is 0 Å². The van der Waals surface area contributed by atoms with E-state index in [1.54, 1.807) is 0 Å². The van der Waals surface area contributed by atoms with Crippen molar-refractivity contribution < 1.29 is 16.2 Å². The van der Waals surface area contributed by atoms with Crippen LogP contribution in [0.4, 0.5) is 7.77 Å². The van der Waals surface area contributed by atoms with E-state index in [1.807, 2.05) is 6.07 Å². The Morgan fingerprint density at radius 1 is 1.15 bits per heavy atom. The minimum absolute atomic E-state index is 1.14. The molecule has 0 bridgehead atoms. The predicted octanol–water partition coefficient (Wildman–Crippen LogP) is 2.42. The van der Waals surface area contributed by atoms with Gasteiger partial charge in [0.1, 0.15) is 0 Å². The van der Waals surface area contributed by atoms with Crippen LogP contribution in [0, 0.1) is 0 Å². The summed E-state index contributed by atoms with van der Waals surface area (Å²) in [5.74, 6) is 0. The lowest BCUT2D eigenvalue weighted by Crippen LogP contribution is -1.73. The van der Waals surface area contributed by atoms with Gasteiger partial charge >= 0.3 is 10.6 Å². The molecule has 13 heavy (non-hydrogen) atoms. The van der Waals surface area contributed by atoms with Crippen LogP contribution >= 0.6 is 0 Å². The summed E-state index contributed by atoms with van der Waals surface area (Å²) in [4.78, 5) is 0. The molecule has 1 rings (SSSR count). The molecular formula is C8H10F2O2S. The van der Waals surface area contributed by atoms with E-state index in [0.717, 1.165) is 6.42 Å². The summed E-state index contributed by atoms with van der Waals surface area (Å²) in [5.41, 5.74) is 1.41. The van der Waals surface area contributed by atoms with Gasteiger partial charge in [0.15, 0.2) is 0 Å². The highest BCUT2D eigenvalue weighted by molar-refractivity contribution is 7.81. The van der Waals surface area contributed by atoms with Crippen molar-refractivity contribution in [3.05, 3.63) is 35.9 Å². The lowest BCUT2D eigenvalue weighted by Gasteiger charge is -1.89. The Bertz CT molecular complexity index is 313. The molecule has 0 heterocycles. The standard InChI is InChI=1S/C8H10.F2O2S/c1-2-8-6-4-3-5-7-8;1-5(2,3)4/h3-7H,2H2,1H3;. The van der Waals surface area contributed by atoms with Crippen LogP contribution in [0.3, 0.4) is 0 Å². The van der Waals surface area contributed by atoms with Crippen molar-refractivity contribution in [2.75, 3.05) is 0 Å². The number of halogens is 2. The third kappa shape index (κ3) is 11.0. The van der Waals surface area contributed by atoms with E-state index < -0.39 is 10.6 Å². The third-order valence-electron chi connectivity index (χ3n) is 1.25. The van der Waals surface area contributed by atoms with Gasteiger partial charge in [-0.05, 0) is 12.0 Å². The summed E-state index contributed by atoms with van der Waals surface area (Å²) >= 11 is 0. The number of aryl methyl sites for hydroxylation is 1. The molecule has 0 fully saturated rings. The van der Waals surface area contributed by atoms with Crippen LogP contribution in [0.2, 0.25) is 0 Å². The summed E-state index contributed by atoms with van der Waals surface area (Å²) in [7, 11) is -5.67. The number of rotatable bonds is 1. The first-order valence-electron chi connectivity index (χ1n) is 3.61. The highest BCUT2D eigenvalue weighted by Gasteiger charge is 1.94. The summed E-state index contributed by atoms with van der Waals surface area (Å²) in [6.07, 6.45) is 1.14. The van der Waals surface area contributed by atoms with Crippen LogP contribution in [0.15, 0.2) is 30.3 Å². The maximum atomic E-state index is 9.99. The zero-order valence-corrected chi connectivity index (χ0v) is 7.89. The fourth-order valence-electron chi connectivity index (χ4n) is 0.714. The molecule has 0 saturated heterocycles. The van der Waals surface area contributed by atoms with Crippen LogP contribution in [0.25, 0.3) is 0 Å². The molecule has 0 aliphatic carbocycles. The molecular weight excluding hydrogens is 198 g/mol. The van der Waals surface area contributed by atoms with Gasteiger partial charge in [-0.25, -0.2) is 0 Å². The molecule has 1 aromatic carbocycles. The van der Waals surface area contributed by atoms with Gasteiger partial charge in [-0.2, -0.15) is 8.42 Å². The number of hydrogen-bond acceptors (Lipinski definition) is 2.